The highest BCUT2D eigenvalue weighted by Gasteiger charge is 2.07. The van der Waals surface area contributed by atoms with E-state index in [0.29, 0.717) is 31.3 Å². The van der Waals surface area contributed by atoms with E-state index >= 15 is 0 Å². The summed E-state index contributed by atoms with van der Waals surface area (Å²) in [5.74, 6) is 1.42. The zero-order chi connectivity index (χ0) is 21.8. The van der Waals surface area contributed by atoms with Crippen molar-refractivity contribution in [1.82, 2.24) is 0 Å². The fraction of sp³-hybridized carbons (Fsp3) is 0.103. The van der Waals surface area contributed by atoms with Gasteiger partial charge in [0.1, 0.15) is 19.8 Å². The molecule has 0 saturated carbocycles. The zero-order valence-electron chi connectivity index (χ0n) is 17.9. The van der Waals surface area contributed by atoms with Crippen LogP contribution in [-0.2, 0) is 24.6 Å². The highest BCUT2D eigenvalue weighted by atomic mass is 16.5. The van der Waals surface area contributed by atoms with Gasteiger partial charge in [0, 0.05) is 0 Å². The molecule has 0 spiro atoms. The molecule has 3 nitrogen and oxygen atoms in total. The highest BCUT2D eigenvalue weighted by molar-refractivity contribution is 5.55. The first-order chi connectivity index (χ1) is 15.9. The third-order valence-corrected chi connectivity index (χ3v) is 4.89. The fourth-order valence-corrected chi connectivity index (χ4v) is 3.18. The van der Waals surface area contributed by atoms with E-state index < -0.39 is 0 Å². The van der Waals surface area contributed by atoms with Crippen LogP contribution in [0.2, 0.25) is 0 Å². The van der Waals surface area contributed by atoms with Crippen molar-refractivity contribution in [3.8, 4) is 11.5 Å². The van der Waals surface area contributed by atoms with Gasteiger partial charge in [-0.3, -0.25) is 0 Å². The van der Waals surface area contributed by atoms with Gasteiger partial charge in [0.2, 0.25) is 0 Å². The van der Waals surface area contributed by atoms with Crippen LogP contribution in [0.5, 0.6) is 11.5 Å². The van der Waals surface area contributed by atoms with Crippen LogP contribution >= 0.6 is 0 Å². The molecule has 0 unspecified atom stereocenters. The second-order valence-corrected chi connectivity index (χ2v) is 7.35. The van der Waals surface area contributed by atoms with Crippen LogP contribution in [0.15, 0.2) is 115 Å². The van der Waals surface area contributed by atoms with E-state index in [1.165, 1.54) is 0 Å². The molecule has 0 bridgehead atoms. The normalized spacial score (nSPS) is 10.8. The molecule has 3 heteroatoms. The average Bonchev–Trinajstić information content (AvgIpc) is 2.86. The molecule has 0 heterocycles. The number of benzene rings is 4. The second-order valence-electron chi connectivity index (χ2n) is 7.35. The molecule has 0 atom stereocenters. The number of hydrogen-bond acceptors (Lipinski definition) is 3. The monoisotopic (exact) mass is 422 g/mol. The predicted molar refractivity (Wildman–Crippen MR) is 128 cm³/mol. The van der Waals surface area contributed by atoms with E-state index in [0.717, 1.165) is 22.3 Å². The van der Waals surface area contributed by atoms with Gasteiger partial charge in [-0.05, 0) is 40.5 Å². The van der Waals surface area contributed by atoms with Crippen LogP contribution in [0.1, 0.15) is 22.3 Å². The summed E-state index contributed by atoms with van der Waals surface area (Å²) in [5.41, 5.74) is 4.33. The van der Waals surface area contributed by atoms with Crippen molar-refractivity contribution in [2.75, 3.05) is 0 Å². The van der Waals surface area contributed by atoms with Crippen molar-refractivity contribution in [3.05, 3.63) is 138 Å². The highest BCUT2D eigenvalue weighted by Crippen LogP contribution is 2.30. The molecule has 0 N–H and O–H groups in total. The Morgan fingerprint density at radius 1 is 0.500 bits per heavy atom. The molecule has 160 valence electrons. The van der Waals surface area contributed by atoms with Gasteiger partial charge in [-0.2, -0.15) is 0 Å². The minimum atomic E-state index is 0.472. The van der Waals surface area contributed by atoms with Crippen molar-refractivity contribution in [2.24, 2.45) is 0 Å². The molecule has 0 fully saturated rings. The lowest BCUT2D eigenvalue weighted by Crippen LogP contribution is -2.01. The molecular formula is C29H26O3. The molecular weight excluding hydrogens is 396 g/mol. The van der Waals surface area contributed by atoms with Gasteiger partial charge in [0.05, 0.1) is 6.26 Å². The lowest BCUT2D eigenvalue weighted by atomic mass is 10.2. The number of rotatable bonds is 10. The molecule has 0 aliphatic heterocycles. The lowest BCUT2D eigenvalue weighted by Gasteiger charge is -2.14. The summed E-state index contributed by atoms with van der Waals surface area (Å²) in [4.78, 5) is 0. The Hall–Kier alpha value is -3.98. The topological polar surface area (TPSA) is 27.7 Å². The van der Waals surface area contributed by atoms with Crippen LogP contribution < -0.4 is 9.47 Å². The van der Waals surface area contributed by atoms with E-state index in [2.05, 4.69) is 0 Å². The minimum absolute atomic E-state index is 0.472. The van der Waals surface area contributed by atoms with Crippen molar-refractivity contribution in [3.63, 3.8) is 0 Å². The Bertz CT molecular complexity index is 1110. The number of hydrogen-bond donors (Lipinski definition) is 0. The molecule has 0 saturated heterocycles. The Morgan fingerprint density at radius 3 is 1.56 bits per heavy atom. The molecule has 4 aromatic carbocycles. The third-order valence-electron chi connectivity index (χ3n) is 4.89. The molecule has 4 aromatic rings. The van der Waals surface area contributed by atoms with Crippen molar-refractivity contribution >= 4 is 6.08 Å². The van der Waals surface area contributed by atoms with Gasteiger partial charge < -0.3 is 14.2 Å². The predicted octanol–water partition coefficient (Wildman–Crippen LogP) is 7.03. The third kappa shape index (κ3) is 6.51. The summed E-state index contributed by atoms with van der Waals surface area (Å²) in [6.07, 6.45) is 3.65. The van der Waals surface area contributed by atoms with E-state index in [-0.39, 0.29) is 0 Å². The van der Waals surface area contributed by atoms with Gasteiger partial charge >= 0.3 is 0 Å². The summed E-state index contributed by atoms with van der Waals surface area (Å²) in [6, 6.07) is 36.2. The first-order valence-corrected chi connectivity index (χ1v) is 10.7. The SMILES string of the molecule is C(=Cc1ccc(OCc2ccccc2)c(OCc2ccccc2)c1)OCc1ccccc1. The molecule has 0 aliphatic rings. The average molecular weight is 423 g/mol. The van der Waals surface area contributed by atoms with E-state index in [9.17, 15) is 0 Å². The Balaban J connectivity index is 1.44. The van der Waals surface area contributed by atoms with E-state index in [1.807, 2.05) is 115 Å². The Kier molecular flexibility index (Phi) is 7.59. The van der Waals surface area contributed by atoms with Crippen molar-refractivity contribution in [2.45, 2.75) is 19.8 Å². The van der Waals surface area contributed by atoms with Gasteiger partial charge in [0.25, 0.3) is 0 Å². The lowest BCUT2D eigenvalue weighted by molar-refractivity contribution is 0.239. The van der Waals surface area contributed by atoms with E-state index in [1.54, 1.807) is 6.26 Å². The van der Waals surface area contributed by atoms with Gasteiger partial charge in [-0.1, -0.05) is 97.1 Å². The number of ether oxygens (including phenoxy) is 3. The maximum atomic E-state index is 6.13. The van der Waals surface area contributed by atoms with E-state index in [4.69, 9.17) is 14.2 Å². The van der Waals surface area contributed by atoms with Crippen LogP contribution in [-0.4, -0.2) is 0 Å². The summed E-state index contributed by atoms with van der Waals surface area (Å²) >= 11 is 0. The molecule has 0 aliphatic carbocycles. The summed E-state index contributed by atoms with van der Waals surface area (Å²) in [7, 11) is 0. The first kappa shape index (κ1) is 21.3. The molecule has 0 amide bonds. The zero-order valence-corrected chi connectivity index (χ0v) is 17.9. The maximum Gasteiger partial charge on any atom is 0.162 e. The van der Waals surface area contributed by atoms with Gasteiger partial charge in [0.15, 0.2) is 11.5 Å². The fourth-order valence-electron chi connectivity index (χ4n) is 3.18. The van der Waals surface area contributed by atoms with Crippen LogP contribution in [0.4, 0.5) is 0 Å². The largest absolute Gasteiger partial charge is 0.496 e. The van der Waals surface area contributed by atoms with Gasteiger partial charge in [-0.25, -0.2) is 0 Å². The standard InChI is InChI=1S/C29H26O3/c1-4-10-25(11-5-1)21-30-19-18-24-16-17-28(31-22-26-12-6-2-7-13-26)29(20-24)32-23-27-14-8-3-9-15-27/h1-20H,21-23H2. The van der Waals surface area contributed by atoms with Crippen molar-refractivity contribution < 1.29 is 14.2 Å². The first-order valence-electron chi connectivity index (χ1n) is 10.7. The van der Waals surface area contributed by atoms with Crippen LogP contribution in [0, 0.1) is 0 Å². The van der Waals surface area contributed by atoms with Gasteiger partial charge in [-0.15, -0.1) is 0 Å². The second kappa shape index (κ2) is 11.4. The Labute approximate surface area is 189 Å². The Morgan fingerprint density at radius 2 is 1.00 bits per heavy atom. The molecule has 32 heavy (non-hydrogen) atoms. The van der Waals surface area contributed by atoms with Crippen molar-refractivity contribution in [1.29, 1.82) is 0 Å². The smallest absolute Gasteiger partial charge is 0.162 e. The molecule has 4 rings (SSSR count). The quantitative estimate of drug-likeness (QED) is 0.257. The summed E-state index contributed by atoms with van der Waals surface area (Å²) in [6.45, 7) is 1.49. The minimum Gasteiger partial charge on any atom is -0.496 e. The molecule has 0 radical (unpaired) electrons. The maximum absolute atomic E-state index is 6.13. The molecule has 0 aromatic heterocycles. The summed E-state index contributed by atoms with van der Waals surface area (Å²) < 4.78 is 17.9. The van der Waals surface area contributed by atoms with Crippen LogP contribution in [0.25, 0.3) is 6.08 Å². The summed E-state index contributed by atoms with van der Waals surface area (Å²) in [5, 5.41) is 0. The van der Waals surface area contributed by atoms with Crippen LogP contribution in [0.3, 0.4) is 0 Å².